The van der Waals surface area contributed by atoms with Gasteiger partial charge in [0, 0.05) is 12.2 Å². The van der Waals surface area contributed by atoms with Crippen molar-refractivity contribution < 1.29 is 9.90 Å². The Hall–Kier alpha value is -1.62. The van der Waals surface area contributed by atoms with E-state index < -0.39 is 5.97 Å². The Morgan fingerprint density at radius 1 is 1.50 bits per heavy atom. The van der Waals surface area contributed by atoms with E-state index in [1.54, 1.807) is 4.57 Å². The first-order valence-corrected chi connectivity index (χ1v) is 5.31. The van der Waals surface area contributed by atoms with Crippen LogP contribution in [-0.2, 0) is 0 Å². The van der Waals surface area contributed by atoms with Crippen molar-refractivity contribution in [2.45, 2.75) is 18.9 Å². The van der Waals surface area contributed by atoms with Crippen LogP contribution in [0.15, 0.2) is 12.4 Å². The molecule has 0 bridgehead atoms. The highest BCUT2D eigenvalue weighted by Crippen LogP contribution is 2.40. The zero-order chi connectivity index (χ0) is 11.3. The number of nitrogens with zero attached hydrogens (tertiary/aromatic N) is 3. The molecule has 1 fully saturated rings. The molecule has 0 saturated heterocycles. The summed E-state index contributed by atoms with van der Waals surface area (Å²) in [5.74, 6) is -1.00. The van der Waals surface area contributed by atoms with Crippen molar-refractivity contribution in [2.24, 2.45) is 0 Å². The van der Waals surface area contributed by atoms with E-state index in [1.807, 2.05) is 0 Å². The highest BCUT2D eigenvalue weighted by molar-refractivity contribution is 6.29. The first-order valence-electron chi connectivity index (χ1n) is 4.93. The summed E-state index contributed by atoms with van der Waals surface area (Å²) in [5, 5.41) is 9.44. The van der Waals surface area contributed by atoms with Crippen LogP contribution in [0.5, 0.6) is 0 Å². The highest BCUT2D eigenvalue weighted by atomic mass is 35.5. The number of fused-ring (bicyclic) bond motifs is 1. The van der Waals surface area contributed by atoms with Crippen LogP contribution >= 0.6 is 11.6 Å². The fourth-order valence-corrected chi connectivity index (χ4v) is 2.16. The van der Waals surface area contributed by atoms with Crippen LogP contribution in [0, 0.1) is 0 Å². The minimum Gasteiger partial charge on any atom is -0.478 e. The Bertz CT molecular complexity index is 589. The molecule has 6 heteroatoms. The van der Waals surface area contributed by atoms with E-state index in [2.05, 4.69) is 9.97 Å². The number of imidazole rings is 1. The van der Waals surface area contributed by atoms with Gasteiger partial charge in [-0.1, -0.05) is 0 Å². The molecule has 1 aliphatic carbocycles. The number of halogens is 1. The largest absolute Gasteiger partial charge is 0.478 e. The third kappa shape index (κ3) is 1.28. The highest BCUT2D eigenvalue weighted by Gasteiger charge is 2.29. The second kappa shape index (κ2) is 3.18. The number of carboxylic acids is 1. The molecule has 0 aromatic carbocycles. The quantitative estimate of drug-likeness (QED) is 0.869. The summed E-state index contributed by atoms with van der Waals surface area (Å²) in [4.78, 5) is 19.1. The zero-order valence-corrected chi connectivity index (χ0v) is 8.98. The van der Waals surface area contributed by atoms with E-state index in [0.717, 1.165) is 12.8 Å². The van der Waals surface area contributed by atoms with Crippen molar-refractivity contribution in [2.75, 3.05) is 0 Å². The van der Waals surface area contributed by atoms with Gasteiger partial charge in [0.25, 0.3) is 0 Å². The predicted molar refractivity (Wildman–Crippen MR) is 57.8 cm³/mol. The average Bonchev–Trinajstić information content (AvgIpc) is 3.00. The molecule has 1 aliphatic rings. The summed E-state index contributed by atoms with van der Waals surface area (Å²) in [6.45, 7) is 0. The third-order valence-corrected chi connectivity index (χ3v) is 2.96. The van der Waals surface area contributed by atoms with Crippen LogP contribution in [0.25, 0.3) is 11.0 Å². The Morgan fingerprint density at radius 3 is 2.88 bits per heavy atom. The molecule has 2 aromatic rings. The Kier molecular flexibility index (Phi) is 1.91. The number of pyridine rings is 1. The van der Waals surface area contributed by atoms with Gasteiger partial charge >= 0.3 is 5.97 Å². The summed E-state index contributed by atoms with van der Waals surface area (Å²) in [6, 6.07) is 0.290. The molecule has 1 N–H and O–H groups in total. The molecule has 2 heterocycles. The monoisotopic (exact) mass is 237 g/mol. The molecule has 16 heavy (non-hydrogen) atoms. The lowest BCUT2D eigenvalue weighted by Gasteiger charge is -2.04. The van der Waals surface area contributed by atoms with Crippen molar-refractivity contribution in [1.82, 2.24) is 14.5 Å². The van der Waals surface area contributed by atoms with Gasteiger partial charge in [-0.2, -0.15) is 0 Å². The van der Waals surface area contributed by atoms with Gasteiger partial charge in [0.15, 0.2) is 0 Å². The normalized spacial score (nSPS) is 15.6. The van der Waals surface area contributed by atoms with Gasteiger partial charge in [-0.3, -0.25) is 4.98 Å². The second-order valence-corrected chi connectivity index (χ2v) is 4.18. The van der Waals surface area contributed by atoms with Crippen molar-refractivity contribution >= 4 is 28.6 Å². The Morgan fingerprint density at radius 2 is 2.25 bits per heavy atom. The van der Waals surface area contributed by atoms with Gasteiger partial charge in [-0.05, 0) is 24.4 Å². The summed E-state index contributed by atoms with van der Waals surface area (Å²) < 4.78 is 1.79. The van der Waals surface area contributed by atoms with Crippen LogP contribution in [0.1, 0.15) is 29.2 Å². The lowest BCUT2D eigenvalue weighted by atomic mass is 10.2. The van der Waals surface area contributed by atoms with Crippen LogP contribution in [-0.4, -0.2) is 25.6 Å². The minimum absolute atomic E-state index is 0.156. The number of hydrogen-bond acceptors (Lipinski definition) is 3. The number of rotatable bonds is 2. The van der Waals surface area contributed by atoms with Crippen LogP contribution in [0.2, 0.25) is 5.28 Å². The molecular weight excluding hydrogens is 230 g/mol. The van der Waals surface area contributed by atoms with Crippen LogP contribution in [0.3, 0.4) is 0 Å². The summed E-state index contributed by atoms with van der Waals surface area (Å²) in [6.07, 6.45) is 4.91. The van der Waals surface area contributed by atoms with Crippen LogP contribution in [0.4, 0.5) is 0 Å². The van der Waals surface area contributed by atoms with E-state index in [0.29, 0.717) is 16.3 Å². The minimum atomic E-state index is -1.00. The molecule has 0 unspecified atom stereocenters. The molecule has 1 saturated carbocycles. The molecule has 0 atom stereocenters. The third-order valence-electron chi connectivity index (χ3n) is 2.69. The fourth-order valence-electron chi connectivity index (χ4n) is 1.85. The molecule has 0 radical (unpaired) electrons. The van der Waals surface area contributed by atoms with E-state index in [4.69, 9.17) is 16.7 Å². The predicted octanol–water partition coefficient (Wildman–Crippen LogP) is 2.12. The maximum atomic E-state index is 11.1. The molecule has 3 rings (SSSR count). The maximum Gasteiger partial charge on any atom is 0.339 e. The number of aromatic carboxylic acids is 1. The van der Waals surface area contributed by atoms with E-state index in [-0.39, 0.29) is 11.6 Å². The second-order valence-electron chi connectivity index (χ2n) is 3.84. The molecule has 5 nitrogen and oxygen atoms in total. The van der Waals surface area contributed by atoms with Crippen LogP contribution < -0.4 is 0 Å². The molecule has 0 amide bonds. The lowest BCUT2D eigenvalue weighted by molar-refractivity contribution is 0.0698. The lowest BCUT2D eigenvalue weighted by Crippen LogP contribution is -2.03. The number of carboxylic acid groups (broad SMARTS) is 1. The molecule has 2 aromatic heterocycles. The molecule has 0 aliphatic heterocycles. The maximum absolute atomic E-state index is 11.1. The molecular formula is C10H8ClN3O2. The summed E-state index contributed by atoms with van der Waals surface area (Å²) in [7, 11) is 0. The zero-order valence-electron chi connectivity index (χ0n) is 8.22. The van der Waals surface area contributed by atoms with Crippen molar-refractivity contribution in [3.63, 3.8) is 0 Å². The van der Waals surface area contributed by atoms with Crippen molar-refractivity contribution in [3.8, 4) is 0 Å². The summed E-state index contributed by atoms with van der Waals surface area (Å²) in [5.41, 5.74) is 1.27. The van der Waals surface area contributed by atoms with Crippen molar-refractivity contribution in [3.05, 3.63) is 23.2 Å². The van der Waals surface area contributed by atoms with E-state index in [9.17, 15) is 4.79 Å². The smallest absolute Gasteiger partial charge is 0.339 e. The SMILES string of the molecule is O=C(O)c1cncc2nc(Cl)n(C3CC3)c12. The summed E-state index contributed by atoms with van der Waals surface area (Å²) >= 11 is 6.01. The van der Waals surface area contributed by atoms with Gasteiger partial charge in [-0.25, -0.2) is 9.78 Å². The van der Waals surface area contributed by atoms with Gasteiger partial charge in [-0.15, -0.1) is 0 Å². The molecule has 82 valence electrons. The topological polar surface area (TPSA) is 68.0 Å². The van der Waals surface area contributed by atoms with Gasteiger partial charge in [0.05, 0.1) is 11.7 Å². The molecule has 0 spiro atoms. The Balaban J connectivity index is 2.38. The first kappa shape index (κ1) is 9.59. The van der Waals surface area contributed by atoms with Gasteiger partial charge in [0.1, 0.15) is 11.1 Å². The standard InChI is InChI=1S/C10H8ClN3O2/c11-10-13-7-4-12-3-6(9(15)16)8(7)14(10)5-1-2-5/h3-5H,1-2H2,(H,15,16). The van der Waals surface area contributed by atoms with E-state index in [1.165, 1.54) is 12.4 Å². The number of carbonyl (C=O) groups is 1. The fraction of sp³-hybridized carbons (Fsp3) is 0.300. The average molecular weight is 238 g/mol. The van der Waals surface area contributed by atoms with Gasteiger partial charge < -0.3 is 9.67 Å². The Labute approximate surface area is 95.7 Å². The number of hydrogen-bond donors (Lipinski definition) is 1. The first-order chi connectivity index (χ1) is 7.68. The van der Waals surface area contributed by atoms with Gasteiger partial charge in [0.2, 0.25) is 5.28 Å². The van der Waals surface area contributed by atoms with E-state index >= 15 is 0 Å². The van der Waals surface area contributed by atoms with Crippen molar-refractivity contribution in [1.29, 1.82) is 0 Å². The number of aromatic nitrogens is 3.